The Kier molecular flexibility index (Phi) is 4.45. The van der Waals surface area contributed by atoms with Gasteiger partial charge in [0.15, 0.2) is 0 Å². The zero-order chi connectivity index (χ0) is 13.1. The molecule has 0 aromatic carbocycles. The molecule has 1 aliphatic heterocycles. The van der Waals surface area contributed by atoms with E-state index < -0.39 is 0 Å². The van der Waals surface area contributed by atoms with Crippen molar-refractivity contribution in [2.45, 2.75) is 82.0 Å². The summed E-state index contributed by atoms with van der Waals surface area (Å²) in [7, 11) is 0. The summed E-state index contributed by atoms with van der Waals surface area (Å²) < 4.78 is 6.09. The SMILES string of the molecule is OC1CCC(CNC2CCOC3(CCCC3)C2)CC1. The van der Waals surface area contributed by atoms with E-state index in [-0.39, 0.29) is 11.7 Å². The van der Waals surface area contributed by atoms with E-state index in [0.717, 1.165) is 31.9 Å². The number of ether oxygens (including phenoxy) is 1. The molecule has 0 radical (unpaired) electrons. The van der Waals surface area contributed by atoms with Crippen molar-refractivity contribution in [2.75, 3.05) is 13.2 Å². The minimum atomic E-state index is -0.0268. The molecule has 2 saturated carbocycles. The molecule has 0 aromatic rings. The normalized spacial score (nSPS) is 38.7. The molecular formula is C16H29NO2. The Hall–Kier alpha value is -0.120. The van der Waals surface area contributed by atoms with Gasteiger partial charge in [-0.05, 0) is 63.8 Å². The molecule has 1 heterocycles. The fourth-order valence-corrected chi connectivity index (χ4v) is 4.25. The molecule has 0 bridgehead atoms. The summed E-state index contributed by atoms with van der Waals surface area (Å²) in [6.07, 6.45) is 12.0. The second kappa shape index (κ2) is 6.11. The van der Waals surface area contributed by atoms with Gasteiger partial charge in [-0.3, -0.25) is 0 Å². The summed E-state index contributed by atoms with van der Waals surface area (Å²) in [4.78, 5) is 0. The molecule has 1 unspecified atom stereocenters. The van der Waals surface area contributed by atoms with Gasteiger partial charge >= 0.3 is 0 Å². The first-order valence-corrected chi connectivity index (χ1v) is 8.31. The van der Waals surface area contributed by atoms with Gasteiger partial charge in [0.2, 0.25) is 0 Å². The molecule has 3 aliphatic rings. The topological polar surface area (TPSA) is 41.5 Å². The Morgan fingerprint density at radius 3 is 2.53 bits per heavy atom. The van der Waals surface area contributed by atoms with Crippen molar-refractivity contribution in [1.82, 2.24) is 5.32 Å². The Morgan fingerprint density at radius 2 is 1.79 bits per heavy atom. The van der Waals surface area contributed by atoms with Crippen molar-refractivity contribution in [1.29, 1.82) is 0 Å². The average molecular weight is 267 g/mol. The van der Waals surface area contributed by atoms with E-state index in [2.05, 4.69) is 5.32 Å². The number of rotatable bonds is 3. The second-order valence-electron chi connectivity index (χ2n) is 7.01. The third kappa shape index (κ3) is 3.50. The highest BCUT2D eigenvalue weighted by atomic mass is 16.5. The summed E-state index contributed by atoms with van der Waals surface area (Å²) in [5.74, 6) is 0.783. The van der Waals surface area contributed by atoms with Gasteiger partial charge < -0.3 is 15.2 Å². The molecule has 0 amide bonds. The van der Waals surface area contributed by atoms with Crippen LogP contribution < -0.4 is 5.32 Å². The van der Waals surface area contributed by atoms with E-state index in [0.29, 0.717) is 6.04 Å². The summed E-state index contributed by atoms with van der Waals surface area (Å²) >= 11 is 0. The lowest BCUT2D eigenvalue weighted by atomic mass is 9.86. The van der Waals surface area contributed by atoms with Gasteiger partial charge in [0.25, 0.3) is 0 Å². The van der Waals surface area contributed by atoms with Crippen LogP contribution in [0.25, 0.3) is 0 Å². The third-order valence-corrected chi connectivity index (χ3v) is 5.52. The lowest BCUT2D eigenvalue weighted by Crippen LogP contribution is -2.46. The first kappa shape index (κ1) is 13.8. The van der Waals surface area contributed by atoms with Crippen LogP contribution in [0.3, 0.4) is 0 Å². The van der Waals surface area contributed by atoms with E-state index in [1.54, 1.807) is 0 Å². The van der Waals surface area contributed by atoms with Gasteiger partial charge in [0.1, 0.15) is 0 Å². The van der Waals surface area contributed by atoms with Gasteiger partial charge in [0.05, 0.1) is 11.7 Å². The van der Waals surface area contributed by atoms with Gasteiger partial charge in [-0.25, -0.2) is 0 Å². The maximum Gasteiger partial charge on any atom is 0.0697 e. The van der Waals surface area contributed by atoms with E-state index in [1.807, 2.05) is 0 Å². The molecule has 3 heteroatoms. The summed E-state index contributed by atoms with van der Waals surface area (Å²) in [5.41, 5.74) is 0.235. The molecule has 3 rings (SSSR count). The predicted octanol–water partition coefficient (Wildman–Crippen LogP) is 2.62. The van der Waals surface area contributed by atoms with Crippen LogP contribution in [-0.2, 0) is 4.74 Å². The molecule has 1 spiro atoms. The number of aliphatic hydroxyl groups excluding tert-OH is 1. The minimum absolute atomic E-state index is 0.0268. The summed E-state index contributed by atoms with van der Waals surface area (Å²) in [6.45, 7) is 2.09. The van der Waals surface area contributed by atoms with Crippen LogP contribution in [0, 0.1) is 5.92 Å². The van der Waals surface area contributed by atoms with E-state index >= 15 is 0 Å². The predicted molar refractivity (Wildman–Crippen MR) is 76.1 cm³/mol. The molecule has 1 saturated heterocycles. The van der Waals surface area contributed by atoms with Gasteiger partial charge in [0, 0.05) is 12.6 Å². The Labute approximate surface area is 117 Å². The Morgan fingerprint density at radius 1 is 1.05 bits per heavy atom. The zero-order valence-electron chi connectivity index (χ0n) is 12.1. The molecule has 3 nitrogen and oxygen atoms in total. The molecule has 110 valence electrons. The Bertz CT molecular complexity index is 280. The fourth-order valence-electron chi connectivity index (χ4n) is 4.25. The Balaban J connectivity index is 1.42. The van der Waals surface area contributed by atoms with Crippen LogP contribution in [-0.4, -0.2) is 36.0 Å². The van der Waals surface area contributed by atoms with Gasteiger partial charge in [-0.2, -0.15) is 0 Å². The smallest absolute Gasteiger partial charge is 0.0697 e. The number of nitrogens with one attached hydrogen (secondary N) is 1. The molecule has 2 aliphatic carbocycles. The molecule has 1 atom stereocenters. The highest BCUT2D eigenvalue weighted by molar-refractivity contribution is 4.93. The van der Waals surface area contributed by atoms with Crippen LogP contribution in [0.5, 0.6) is 0 Å². The van der Waals surface area contributed by atoms with Crippen LogP contribution in [0.4, 0.5) is 0 Å². The quantitative estimate of drug-likeness (QED) is 0.826. The maximum absolute atomic E-state index is 9.55. The standard InChI is InChI=1S/C16H29NO2/c18-15-5-3-13(4-6-15)12-17-14-7-10-19-16(11-14)8-1-2-9-16/h13-15,17-18H,1-12H2. The van der Waals surface area contributed by atoms with Crippen LogP contribution >= 0.6 is 0 Å². The van der Waals surface area contributed by atoms with E-state index in [4.69, 9.17) is 4.74 Å². The van der Waals surface area contributed by atoms with Crippen LogP contribution in [0.1, 0.15) is 64.2 Å². The van der Waals surface area contributed by atoms with Crippen molar-refractivity contribution in [2.24, 2.45) is 5.92 Å². The van der Waals surface area contributed by atoms with Crippen LogP contribution in [0.15, 0.2) is 0 Å². The average Bonchev–Trinajstić information content (AvgIpc) is 2.86. The highest BCUT2D eigenvalue weighted by Crippen LogP contribution is 2.40. The lowest BCUT2D eigenvalue weighted by Gasteiger charge is -2.39. The zero-order valence-corrected chi connectivity index (χ0v) is 12.1. The number of aliphatic hydroxyl groups is 1. The van der Waals surface area contributed by atoms with Crippen LogP contribution in [0.2, 0.25) is 0 Å². The first-order chi connectivity index (χ1) is 9.26. The van der Waals surface area contributed by atoms with Crippen molar-refractivity contribution in [3.63, 3.8) is 0 Å². The van der Waals surface area contributed by atoms with Crippen molar-refractivity contribution >= 4 is 0 Å². The van der Waals surface area contributed by atoms with Crippen molar-refractivity contribution in [3.05, 3.63) is 0 Å². The number of hydrogen-bond donors (Lipinski definition) is 2. The lowest BCUT2D eigenvalue weighted by molar-refractivity contribution is -0.0840. The van der Waals surface area contributed by atoms with Crippen molar-refractivity contribution in [3.8, 4) is 0 Å². The second-order valence-corrected chi connectivity index (χ2v) is 7.01. The van der Waals surface area contributed by atoms with Gasteiger partial charge in [-0.15, -0.1) is 0 Å². The maximum atomic E-state index is 9.55. The molecule has 2 N–H and O–H groups in total. The first-order valence-electron chi connectivity index (χ1n) is 8.31. The highest BCUT2D eigenvalue weighted by Gasteiger charge is 2.39. The summed E-state index contributed by atoms with van der Waals surface area (Å²) in [5, 5.41) is 13.3. The van der Waals surface area contributed by atoms with E-state index in [9.17, 15) is 5.11 Å². The molecule has 0 aromatic heterocycles. The summed E-state index contributed by atoms with van der Waals surface area (Å²) in [6, 6.07) is 0.665. The van der Waals surface area contributed by atoms with Crippen molar-refractivity contribution < 1.29 is 9.84 Å². The molecular weight excluding hydrogens is 238 g/mol. The fraction of sp³-hybridized carbons (Fsp3) is 1.00. The molecule has 19 heavy (non-hydrogen) atoms. The van der Waals surface area contributed by atoms with Gasteiger partial charge in [-0.1, -0.05) is 12.8 Å². The molecule has 3 fully saturated rings. The number of hydrogen-bond acceptors (Lipinski definition) is 3. The van der Waals surface area contributed by atoms with E-state index in [1.165, 1.54) is 51.4 Å². The largest absolute Gasteiger partial charge is 0.393 e. The minimum Gasteiger partial charge on any atom is -0.393 e. The third-order valence-electron chi connectivity index (χ3n) is 5.52. The monoisotopic (exact) mass is 267 g/mol.